The number of nitrogens with one attached hydrogen (secondary N) is 1. The molecule has 3 rings (SSSR count). The Bertz CT molecular complexity index is 467. The Morgan fingerprint density at radius 3 is 3.00 bits per heavy atom. The number of hydrogen-bond donors (Lipinski definition) is 1. The number of methoxy groups -OCH3 is 1. The molecule has 2 aliphatic heterocycles. The molecule has 1 saturated heterocycles. The molecule has 2 aliphatic rings. The maximum atomic E-state index is 6.34. The van der Waals surface area contributed by atoms with Gasteiger partial charge in [-0.1, -0.05) is 17.7 Å². The Kier molecular flexibility index (Phi) is 3.79. The van der Waals surface area contributed by atoms with E-state index in [1.54, 1.807) is 7.11 Å². The maximum absolute atomic E-state index is 6.34. The van der Waals surface area contributed by atoms with Crippen molar-refractivity contribution in [1.82, 2.24) is 5.32 Å². The van der Waals surface area contributed by atoms with Crippen LogP contribution in [0.5, 0.6) is 5.75 Å². The molecule has 0 spiro atoms. The third-order valence-corrected chi connectivity index (χ3v) is 4.36. The van der Waals surface area contributed by atoms with Gasteiger partial charge < -0.3 is 14.8 Å². The predicted molar refractivity (Wildman–Crippen MR) is 74.1 cm³/mol. The van der Waals surface area contributed by atoms with Gasteiger partial charge in [0, 0.05) is 24.6 Å². The van der Waals surface area contributed by atoms with Crippen molar-refractivity contribution in [3.8, 4) is 5.75 Å². The third kappa shape index (κ3) is 1.90. The first-order valence-electron chi connectivity index (χ1n) is 5.85. The van der Waals surface area contributed by atoms with E-state index in [1.165, 1.54) is 5.56 Å². The van der Waals surface area contributed by atoms with Crippen molar-refractivity contribution in [2.24, 2.45) is 0 Å². The van der Waals surface area contributed by atoms with Crippen LogP contribution in [0.25, 0.3) is 0 Å². The second-order valence-corrected chi connectivity index (χ2v) is 5.31. The Morgan fingerprint density at radius 2 is 2.28 bits per heavy atom. The highest BCUT2D eigenvalue weighted by atomic mass is 35.5. The van der Waals surface area contributed by atoms with Gasteiger partial charge in [-0.3, -0.25) is 0 Å². The number of benzene rings is 1. The number of fused-ring (bicyclic) bond motifs is 3. The van der Waals surface area contributed by atoms with Crippen molar-refractivity contribution in [1.29, 1.82) is 0 Å². The molecule has 3 nitrogen and oxygen atoms in total. The highest BCUT2D eigenvalue weighted by Gasteiger charge is 2.45. The van der Waals surface area contributed by atoms with Crippen molar-refractivity contribution in [3.63, 3.8) is 0 Å². The van der Waals surface area contributed by atoms with Gasteiger partial charge >= 0.3 is 0 Å². The summed E-state index contributed by atoms with van der Waals surface area (Å²) in [6, 6.07) is 4.07. The smallest absolute Gasteiger partial charge is 0.137 e. The van der Waals surface area contributed by atoms with Gasteiger partial charge in [0.2, 0.25) is 0 Å². The lowest BCUT2D eigenvalue weighted by molar-refractivity contribution is -0.0517. The molecule has 0 radical (unpaired) electrons. The van der Waals surface area contributed by atoms with Crippen molar-refractivity contribution in [3.05, 3.63) is 28.3 Å². The molecule has 1 aromatic rings. The van der Waals surface area contributed by atoms with Crippen LogP contribution in [0.1, 0.15) is 24.0 Å². The average Bonchev–Trinajstić information content (AvgIpc) is 2.71. The van der Waals surface area contributed by atoms with E-state index in [-0.39, 0.29) is 18.0 Å². The summed E-state index contributed by atoms with van der Waals surface area (Å²) >= 11 is 6.34. The van der Waals surface area contributed by atoms with E-state index in [4.69, 9.17) is 21.1 Å². The topological polar surface area (TPSA) is 30.5 Å². The van der Waals surface area contributed by atoms with E-state index < -0.39 is 0 Å². The lowest BCUT2D eigenvalue weighted by atomic mass is 9.81. The molecule has 1 aromatic carbocycles. The molecule has 2 heterocycles. The summed E-state index contributed by atoms with van der Waals surface area (Å²) in [4.78, 5) is 0. The SMILES string of the molecule is COc1ccc2c(c1Cl)CO[C@]1(C)CNC[C@H]21.Cl. The second kappa shape index (κ2) is 4.89. The molecule has 0 aliphatic carbocycles. The summed E-state index contributed by atoms with van der Waals surface area (Å²) in [7, 11) is 1.64. The van der Waals surface area contributed by atoms with E-state index in [0.29, 0.717) is 17.5 Å². The van der Waals surface area contributed by atoms with Gasteiger partial charge in [-0.2, -0.15) is 0 Å². The van der Waals surface area contributed by atoms with E-state index in [9.17, 15) is 0 Å². The van der Waals surface area contributed by atoms with Crippen LogP contribution in [0.2, 0.25) is 5.02 Å². The molecule has 0 unspecified atom stereocenters. The molecular formula is C13H17Cl2NO2. The highest BCUT2D eigenvalue weighted by molar-refractivity contribution is 6.33. The van der Waals surface area contributed by atoms with Crippen LogP contribution in [0.3, 0.4) is 0 Å². The zero-order valence-corrected chi connectivity index (χ0v) is 12.0. The van der Waals surface area contributed by atoms with Crippen molar-refractivity contribution >= 4 is 24.0 Å². The fourth-order valence-corrected chi connectivity index (χ4v) is 3.18. The van der Waals surface area contributed by atoms with E-state index >= 15 is 0 Å². The van der Waals surface area contributed by atoms with Gasteiger partial charge in [0.25, 0.3) is 0 Å². The van der Waals surface area contributed by atoms with Crippen molar-refractivity contribution in [2.45, 2.75) is 25.0 Å². The van der Waals surface area contributed by atoms with Crippen LogP contribution in [-0.2, 0) is 11.3 Å². The van der Waals surface area contributed by atoms with Gasteiger partial charge in [-0.15, -0.1) is 12.4 Å². The minimum Gasteiger partial charge on any atom is -0.495 e. The zero-order chi connectivity index (χ0) is 12.0. The van der Waals surface area contributed by atoms with E-state index in [1.807, 2.05) is 6.07 Å². The number of hydrogen-bond acceptors (Lipinski definition) is 3. The monoisotopic (exact) mass is 289 g/mol. The summed E-state index contributed by atoms with van der Waals surface area (Å²) in [5, 5.41) is 4.09. The van der Waals surface area contributed by atoms with E-state index in [2.05, 4.69) is 18.3 Å². The largest absolute Gasteiger partial charge is 0.495 e. The summed E-state index contributed by atoms with van der Waals surface area (Å²) in [6.07, 6.45) is 0. The molecule has 0 aromatic heterocycles. The molecule has 0 saturated carbocycles. The predicted octanol–water partition coefficient (Wildman–Crippen LogP) is 2.75. The Balaban J connectivity index is 0.00000120. The van der Waals surface area contributed by atoms with Crippen LogP contribution in [0.4, 0.5) is 0 Å². The summed E-state index contributed by atoms with van der Waals surface area (Å²) in [5.74, 6) is 1.11. The summed E-state index contributed by atoms with van der Waals surface area (Å²) in [5.41, 5.74) is 2.29. The minimum absolute atomic E-state index is 0. The lowest BCUT2D eigenvalue weighted by Crippen LogP contribution is -2.39. The van der Waals surface area contributed by atoms with Gasteiger partial charge in [0.05, 0.1) is 24.3 Å². The van der Waals surface area contributed by atoms with Crippen LogP contribution in [-0.4, -0.2) is 25.8 Å². The molecule has 0 bridgehead atoms. The minimum atomic E-state index is -0.0923. The van der Waals surface area contributed by atoms with Gasteiger partial charge in [-0.25, -0.2) is 0 Å². The molecule has 1 N–H and O–H groups in total. The molecule has 0 amide bonds. The van der Waals surface area contributed by atoms with Gasteiger partial charge in [0.1, 0.15) is 5.75 Å². The van der Waals surface area contributed by atoms with E-state index in [0.717, 1.165) is 24.4 Å². The number of rotatable bonds is 1. The average molecular weight is 290 g/mol. The van der Waals surface area contributed by atoms with Crippen molar-refractivity contribution in [2.75, 3.05) is 20.2 Å². The molecule has 100 valence electrons. The van der Waals surface area contributed by atoms with Gasteiger partial charge in [-0.05, 0) is 18.6 Å². The molecule has 1 fully saturated rings. The number of ether oxygens (including phenoxy) is 2. The van der Waals surface area contributed by atoms with Crippen LogP contribution < -0.4 is 10.1 Å². The number of halogens is 2. The first kappa shape index (κ1) is 13.9. The first-order valence-corrected chi connectivity index (χ1v) is 6.23. The quantitative estimate of drug-likeness (QED) is 0.862. The molecule has 2 atom stereocenters. The lowest BCUT2D eigenvalue weighted by Gasteiger charge is -2.37. The Morgan fingerprint density at radius 1 is 1.50 bits per heavy atom. The molecule has 5 heteroatoms. The fourth-order valence-electron chi connectivity index (χ4n) is 2.88. The van der Waals surface area contributed by atoms with Crippen molar-refractivity contribution < 1.29 is 9.47 Å². The van der Waals surface area contributed by atoms with Gasteiger partial charge in [0.15, 0.2) is 0 Å². The normalized spacial score (nSPS) is 29.2. The summed E-state index contributed by atoms with van der Waals surface area (Å²) < 4.78 is 11.2. The second-order valence-electron chi connectivity index (χ2n) is 4.93. The molecular weight excluding hydrogens is 273 g/mol. The summed E-state index contributed by atoms with van der Waals surface area (Å²) in [6.45, 7) is 4.59. The highest BCUT2D eigenvalue weighted by Crippen LogP contribution is 2.45. The fraction of sp³-hybridized carbons (Fsp3) is 0.538. The Labute approximate surface area is 118 Å². The van der Waals surface area contributed by atoms with Crippen LogP contribution in [0, 0.1) is 0 Å². The van der Waals surface area contributed by atoms with Crippen LogP contribution >= 0.6 is 24.0 Å². The molecule has 18 heavy (non-hydrogen) atoms. The first-order chi connectivity index (χ1) is 8.15. The standard InChI is InChI=1S/C13H16ClNO2.ClH/c1-13-7-15-5-10(13)8-3-4-11(16-2)12(14)9(8)6-17-13;/h3-4,10,15H,5-7H2,1-2H3;1H/t10-,13-;/m1./s1. The third-order valence-electron chi connectivity index (χ3n) is 3.95. The Hall–Kier alpha value is -0.480. The maximum Gasteiger partial charge on any atom is 0.137 e. The van der Waals surface area contributed by atoms with Crippen LogP contribution in [0.15, 0.2) is 12.1 Å². The zero-order valence-electron chi connectivity index (χ0n) is 10.5.